The molecule has 1 aliphatic rings. The third-order valence-corrected chi connectivity index (χ3v) is 5.06. The third-order valence-electron chi connectivity index (χ3n) is 4.81. The van der Waals surface area contributed by atoms with Crippen molar-refractivity contribution in [1.29, 1.82) is 0 Å². The summed E-state index contributed by atoms with van der Waals surface area (Å²) >= 11 is 5.87. The van der Waals surface area contributed by atoms with Crippen molar-refractivity contribution in [3.63, 3.8) is 0 Å². The summed E-state index contributed by atoms with van der Waals surface area (Å²) in [6.07, 6.45) is 3.43. The first-order valence-corrected chi connectivity index (χ1v) is 9.81. The van der Waals surface area contributed by atoms with Crippen LogP contribution in [0.2, 0.25) is 5.02 Å². The van der Waals surface area contributed by atoms with E-state index >= 15 is 0 Å². The number of pyridine rings is 1. The van der Waals surface area contributed by atoms with Crippen LogP contribution in [0.15, 0.2) is 41.3 Å². The number of carbonyl (C=O) groups is 2. The average molecular weight is 418 g/mol. The first kappa shape index (κ1) is 20.9. The van der Waals surface area contributed by atoms with Crippen LogP contribution >= 0.6 is 11.6 Å². The molecular formula is C21H24ClN3O4. The molecule has 7 nitrogen and oxygen atoms in total. The first-order chi connectivity index (χ1) is 13.7. The van der Waals surface area contributed by atoms with Gasteiger partial charge in [-0.05, 0) is 57.0 Å². The summed E-state index contributed by atoms with van der Waals surface area (Å²) in [4.78, 5) is 39.7. The number of hydrogen-bond donors (Lipinski definition) is 1. The number of aromatic nitrogens is 1. The second-order valence-electron chi connectivity index (χ2n) is 7.58. The zero-order valence-electron chi connectivity index (χ0n) is 16.7. The Morgan fingerprint density at radius 1 is 1.14 bits per heavy atom. The molecule has 2 aromatic rings. The van der Waals surface area contributed by atoms with Gasteiger partial charge >= 0.3 is 0 Å². The van der Waals surface area contributed by atoms with E-state index in [1.165, 1.54) is 16.8 Å². The Bertz CT molecular complexity index is 976. The number of halogens is 1. The number of anilines is 1. The Kier molecular flexibility index (Phi) is 5.98. The molecule has 29 heavy (non-hydrogen) atoms. The molecule has 8 heteroatoms. The Hall–Kier alpha value is -2.80. The van der Waals surface area contributed by atoms with Gasteiger partial charge < -0.3 is 19.5 Å². The maximum atomic E-state index is 12.8. The van der Waals surface area contributed by atoms with E-state index in [9.17, 15) is 14.4 Å². The monoisotopic (exact) mass is 417 g/mol. The van der Waals surface area contributed by atoms with Gasteiger partial charge in [-0.2, -0.15) is 0 Å². The molecule has 1 aromatic heterocycles. The summed E-state index contributed by atoms with van der Waals surface area (Å²) in [5, 5.41) is 3.17. The Labute approximate surface area is 174 Å². The van der Waals surface area contributed by atoms with Crippen molar-refractivity contribution in [1.82, 2.24) is 9.47 Å². The number of rotatable bonds is 5. The lowest BCUT2D eigenvalue weighted by Crippen LogP contribution is -2.43. The molecule has 0 spiro atoms. The van der Waals surface area contributed by atoms with Crippen LogP contribution in [0.1, 0.15) is 37.0 Å². The number of benzene rings is 1. The predicted molar refractivity (Wildman–Crippen MR) is 112 cm³/mol. The number of hydrogen-bond acceptors (Lipinski definition) is 4. The molecule has 0 bridgehead atoms. The van der Waals surface area contributed by atoms with E-state index in [0.29, 0.717) is 29.4 Å². The minimum absolute atomic E-state index is 0.0373. The maximum Gasteiger partial charge on any atom is 0.274 e. The van der Waals surface area contributed by atoms with Crippen LogP contribution in [0.4, 0.5) is 5.69 Å². The van der Waals surface area contributed by atoms with Gasteiger partial charge in [0.25, 0.3) is 17.4 Å². The van der Waals surface area contributed by atoms with Crippen molar-refractivity contribution in [2.45, 2.75) is 32.3 Å². The van der Waals surface area contributed by atoms with E-state index in [0.717, 1.165) is 12.8 Å². The van der Waals surface area contributed by atoms with Gasteiger partial charge in [-0.15, -0.1) is 0 Å². The highest BCUT2D eigenvalue weighted by atomic mass is 35.5. The number of likely N-dealkylation sites (tertiary alicyclic amines) is 1. The molecule has 0 aliphatic carbocycles. The number of nitrogens with one attached hydrogen (secondary N) is 1. The molecule has 0 atom stereocenters. The maximum absolute atomic E-state index is 12.8. The zero-order valence-corrected chi connectivity index (χ0v) is 17.5. The summed E-state index contributed by atoms with van der Waals surface area (Å²) in [6, 6.07) is 8.07. The van der Waals surface area contributed by atoms with Crippen molar-refractivity contribution in [3.8, 4) is 5.75 Å². The van der Waals surface area contributed by atoms with E-state index in [4.69, 9.17) is 16.3 Å². The van der Waals surface area contributed by atoms with Gasteiger partial charge in [-0.25, -0.2) is 0 Å². The highest BCUT2D eigenvalue weighted by Crippen LogP contribution is 2.22. The van der Waals surface area contributed by atoms with E-state index in [2.05, 4.69) is 5.32 Å². The van der Waals surface area contributed by atoms with Gasteiger partial charge in [-0.1, -0.05) is 11.6 Å². The van der Waals surface area contributed by atoms with Gasteiger partial charge in [0.2, 0.25) is 0 Å². The van der Waals surface area contributed by atoms with Crippen molar-refractivity contribution < 1.29 is 14.3 Å². The average Bonchev–Trinajstić information content (AvgIpc) is 3.21. The zero-order chi connectivity index (χ0) is 21.2. The standard InChI is InChI=1S/C21H24ClN3O4/c1-21(2,29-16-8-6-15(22)7-9-16)20(28)23-17-12-14(13-24(3)19(17)27)18(26)25-10-4-5-11-25/h6-9,12-13H,4-5,10-11H2,1-3H3,(H,23,28). The highest BCUT2D eigenvalue weighted by Gasteiger charge is 2.31. The first-order valence-electron chi connectivity index (χ1n) is 9.43. The van der Waals surface area contributed by atoms with E-state index in [1.807, 2.05) is 0 Å². The van der Waals surface area contributed by atoms with Crippen molar-refractivity contribution in [3.05, 3.63) is 57.5 Å². The lowest BCUT2D eigenvalue weighted by Gasteiger charge is -2.25. The largest absolute Gasteiger partial charge is 0.478 e. The van der Waals surface area contributed by atoms with Crippen molar-refractivity contribution in [2.24, 2.45) is 7.05 Å². The summed E-state index contributed by atoms with van der Waals surface area (Å²) in [5.74, 6) is -0.180. The molecule has 0 unspecified atom stereocenters. The van der Waals surface area contributed by atoms with Crippen molar-refractivity contribution in [2.75, 3.05) is 18.4 Å². The second kappa shape index (κ2) is 8.29. The number of ether oxygens (including phenoxy) is 1. The van der Waals surface area contributed by atoms with Gasteiger partial charge in [-0.3, -0.25) is 14.4 Å². The van der Waals surface area contributed by atoms with Crippen LogP contribution < -0.4 is 15.6 Å². The minimum Gasteiger partial charge on any atom is -0.478 e. The van der Waals surface area contributed by atoms with Gasteiger partial charge in [0.1, 0.15) is 11.4 Å². The van der Waals surface area contributed by atoms with E-state index < -0.39 is 17.1 Å². The number of amides is 2. The summed E-state index contributed by atoms with van der Waals surface area (Å²) < 4.78 is 7.06. The van der Waals surface area contributed by atoms with Gasteiger partial charge in [0, 0.05) is 31.4 Å². The van der Waals surface area contributed by atoms with Crippen LogP contribution in [0.5, 0.6) is 5.75 Å². The van der Waals surface area contributed by atoms with E-state index in [1.54, 1.807) is 50.1 Å². The fraction of sp³-hybridized carbons (Fsp3) is 0.381. The number of aryl methyl sites for hydroxylation is 1. The van der Waals surface area contributed by atoms with Crippen LogP contribution in [-0.2, 0) is 11.8 Å². The molecule has 1 saturated heterocycles. The quantitative estimate of drug-likeness (QED) is 0.810. The Morgan fingerprint density at radius 3 is 2.38 bits per heavy atom. The smallest absolute Gasteiger partial charge is 0.274 e. The number of carbonyl (C=O) groups excluding carboxylic acids is 2. The topological polar surface area (TPSA) is 80.6 Å². The minimum atomic E-state index is -1.26. The molecule has 2 heterocycles. The van der Waals surface area contributed by atoms with Crippen molar-refractivity contribution >= 4 is 29.1 Å². The molecule has 154 valence electrons. The molecule has 0 saturated carbocycles. The molecule has 1 aromatic carbocycles. The fourth-order valence-electron chi connectivity index (χ4n) is 3.14. The van der Waals surface area contributed by atoms with Crippen LogP contribution in [0, 0.1) is 0 Å². The van der Waals surface area contributed by atoms with E-state index in [-0.39, 0.29) is 11.6 Å². The molecule has 2 amide bonds. The molecular weight excluding hydrogens is 394 g/mol. The van der Waals surface area contributed by atoms with Crippen LogP contribution in [-0.4, -0.2) is 40.0 Å². The Morgan fingerprint density at radius 2 is 1.76 bits per heavy atom. The van der Waals surface area contributed by atoms with Gasteiger partial charge in [0.05, 0.1) is 5.56 Å². The second-order valence-corrected chi connectivity index (χ2v) is 8.01. The Balaban J connectivity index is 1.80. The van der Waals surface area contributed by atoms with Crippen LogP contribution in [0.3, 0.4) is 0 Å². The number of nitrogens with zero attached hydrogens (tertiary/aromatic N) is 2. The van der Waals surface area contributed by atoms with Crippen LogP contribution in [0.25, 0.3) is 0 Å². The lowest BCUT2D eigenvalue weighted by atomic mass is 10.1. The molecule has 1 fully saturated rings. The SMILES string of the molecule is Cn1cc(C(=O)N2CCCC2)cc(NC(=O)C(C)(C)Oc2ccc(Cl)cc2)c1=O. The highest BCUT2D eigenvalue weighted by molar-refractivity contribution is 6.30. The fourth-order valence-corrected chi connectivity index (χ4v) is 3.26. The molecule has 0 radical (unpaired) electrons. The molecule has 3 rings (SSSR count). The third kappa shape index (κ3) is 4.79. The predicted octanol–water partition coefficient (Wildman–Crippen LogP) is 3.07. The lowest BCUT2D eigenvalue weighted by molar-refractivity contribution is -0.128. The van der Waals surface area contributed by atoms with Gasteiger partial charge in [0.15, 0.2) is 5.60 Å². The normalized spacial score (nSPS) is 14.0. The summed E-state index contributed by atoms with van der Waals surface area (Å²) in [5.41, 5.74) is -1.26. The molecule has 1 N–H and O–H groups in total. The summed E-state index contributed by atoms with van der Waals surface area (Å²) in [7, 11) is 1.55. The summed E-state index contributed by atoms with van der Waals surface area (Å²) in [6.45, 7) is 4.60. The molecule has 1 aliphatic heterocycles.